The lowest BCUT2D eigenvalue weighted by Crippen LogP contribution is -2.33. The summed E-state index contributed by atoms with van der Waals surface area (Å²) >= 11 is 0. The van der Waals surface area contributed by atoms with Gasteiger partial charge in [0.25, 0.3) is 0 Å². The predicted octanol–water partition coefficient (Wildman–Crippen LogP) is 2.60. The molecule has 0 bridgehead atoms. The highest BCUT2D eigenvalue weighted by Gasteiger charge is 2.45. The fourth-order valence-electron chi connectivity index (χ4n) is 3.53. The molecule has 1 aromatic carbocycles. The zero-order valence-electron chi connectivity index (χ0n) is 13.1. The van der Waals surface area contributed by atoms with Crippen LogP contribution < -0.4 is 10.2 Å². The molecule has 0 unspecified atom stereocenters. The van der Waals surface area contributed by atoms with Crippen LogP contribution in [0.4, 0.5) is 20.4 Å². The SMILES string of the molecule is Fc1cnc(N[C@@H]2CO[C@]3(CCN(c4cccc(F)c4)C3)C2)nc1. The number of nitrogens with zero attached hydrogens (tertiary/aromatic N) is 3. The largest absolute Gasteiger partial charge is 0.371 e. The summed E-state index contributed by atoms with van der Waals surface area (Å²) in [5.74, 6) is -0.281. The van der Waals surface area contributed by atoms with Crippen LogP contribution in [0.15, 0.2) is 36.7 Å². The highest BCUT2D eigenvalue weighted by molar-refractivity contribution is 5.48. The van der Waals surface area contributed by atoms with E-state index in [2.05, 4.69) is 20.2 Å². The first-order chi connectivity index (χ1) is 11.6. The van der Waals surface area contributed by atoms with Crippen LogP contribution in [-0.2, 0) is 4.74 Å². The highest BCUT2D eigenvalue weighted by Crippen LogP contribution is 2.37. The minimum absolute atomic E-state index is 0.0860. The number of anilines is 2. The standard InChI is InChI=1S/C17H18F2N4O/c18-12-2-1-3-15(6-12)23-5-4-17(11-23)7-14(10-24-17)22-16-20-8-13(19)9-21-16/h1-3,6,8-9,14H,4-5,7,10-11H2,(H,20,21,22)/t14-,17+/m0/s1. The van der Waals surface area contributed by atoms with E-state index < -0.39 is 5.82 Å². The number of halogens is 2. The van der Waals surface area contributed by atoms with Crippen LogP contribution in [-0.4, -0.2) is 41.3 Å². The summed E-state index contributed by atoms with van der Waals surface area (Å²) in [5.41, 5.74) is 0.651. The summed E-state index contributed by atoms with van der Waals surface area (Å²) in [6, 6.07) is 6.73. The fourth-order valence-corrected chi connectivity index (χ4v) is 3.53. The third-order valence-electron chi connectivity index (χ3n) is 4.65. The van der Waals surface area contributed by atoms with Crippen molar-refractivity contribution < 1.29 is 13.5 Å². The average molecular weight is 332 g/mol. The van der Waals surface area contributed by atoms with Gasteiger partial charge in [0.1, 0.15) is 5.82 Å². The number of hydrogen-bond donors (Lipinski definition) is 1. The third kappa shape index (κ3) is 3.03. The molecule has 0 radical (unpaired) electrons. The molecule has 2 atom stereocenters. The summed E-state index contributed by atoms with van der Waals surface area (Å²) in [5, 5.41) is 3.19. The van der Waals surface area contributed by atoms with Gasteiger partial charge in [-0.15, -0.1) is 0 Å². The molecule has 2 fully saturated rings. The van der Waals surface area contributed by atoms with Crippen LogP contribution in [0.3, 0.4) is 0 Å². The van der Waals surface area contributed by atoms with Gasteiger partial charge < -0.3 is 15.0 Å². The van der Waals surface area contributed by atoms with Crippen molar-refractivity contribution in [2.75, 3.05) is 29.9 Å². The van der Waals surface area contributed by atoms with Gasteiger partial charge in [-0.2, -0.15) is 0 Å². The van der Waals surface area contributed by atoms with Crippen LogP contribution in [0, 0.1) is 11.6 Å². The Morgan fingerprint density at radius 3 is 2.83 bits per heavy atom. The molecule has 24 heavy (non-hydrogen) atoms. The molecular weight excluding hydrogens is 314 g/mol. The van der Waals surface area contributed by atoms with Crippen molar-refractivity contribution in [3.63, 3.8) is 0 Å². The summed E-state index contributed by atoms with van der Waals surface area (Å²) in [6.07, 6.45) is 4.00. The molecule has 126 valence electrons. The number of nitrogens with one attached hydrogen (secondary N) is 1. The van der Waals surface area contributed by atoms with Gasteiger partial charge in [0, 0.05) is 25.2 Å². The lowest BCUT2D eigenvalue weighted by molar-refractivity contribution is 0.0229. The molecule has 3 heterocycles. The molecule has 2 aliphatic rings. The quantitative estimate of drug-likeness (QED) is 0.936. The van der Waals surface area contributed by atoms with Crippen molar-refractivity contribution in [1.82, 2.24) is 9.97 Å². The minimum Gasteiger partial charge on any atom is -0.371 e. The highest BCUT2D eigenvalue weighted by atomic mass is 19.1. The summed E-state index contributed by atoms with van der Waals surface area (Å²) < 4.78 is 32.3. The van der Waals surface area contributed by atoms with E-state index in [1.54, 1.807) is 12.1 Å². The molecule has 4 rings (SSSR count). The van der Waals surface area contributed by atoms with E-state index in [1.807, 2.05) is 6.07 Å². The average Bonchev–Trinajstić information content (AvgIpc) is 3.17. The molecule has 1 aromatic heterocycles. The summed E-state index contributed by atoms with van der Waals surface area (Å²) in [6.45, 7) is 2.12. The smallest absolute Gasteiger partial charge is 0.223 e. The van der Waals surface area contributed by atoms with Crippen LogP contribution in [0.25, 0.3) is 0 Å². The Hall–Kier alpha value is -2.28. The van der Waals surface area contributed by atoms with E-state index in [0.29, 0.717) is 12.6 Å². The molecule has 2 aromatic rings. The number of benzene rings is 1. The zero-order valence-corrected chi connectivity index (χ0v) is 13.1. The molecule has 1 spiro atoms. The Morgan fingerprint density at radius 2 is 2.04 bits per heavy atom. The van der Waals surface area contributed by atoms with Gasteiger partial charge in [0.2, 0.25) is 5.95 Å². The summed E-state index contributed by atoms with van der Waals surface area (Å²) in [4.78, 5) is 10.0. The Balaban J connectivity index is 1.40. The van der Waals surface area contributed by atoms with E-state index in [4.69, 9.17) is 4.74 Å². The summed E-state index contributed by atoms with van der Waals surface area (Å²) in [7, 11) is 0. The first kappa shape index (κ1) is 15.3. The van der Waals surface area contributed by atoms with Crippen molar-refractivity contribution in [2.45, 2.75) is 24.5 Å². The maximum atomic E-state index is 13.4. The number of rotatable bonds is 3. The normalized spacial score (nSPS) is 26.2. The minimum atomic E-state index is -0.457. The van der Waals surface area contributed by atoms with E-state index in [-0.39, 0.29) is 17.5 Å². The van der Waals surface area contributed by atoms with E-state index in [0.717, 1.165) is 44.0 Å². The van der Waals surface area contributed by atoms with Crippen LogP contribution in [0.2, 0.25) is 0 Å². The maximum Gasteiger partial charge on any atom is 0.223 e. The molecule has 1 N–H and O–H groups in total. The number of ether oxygens (including phenoxy) is 1. The topological polar surface area (TPSA) is 50.3 Å². The third-order valence-corrected chi connectivity index (χ3v) is 4.65. The van der Waals surface area contributed by atoms with Crippen molar-refractivity contribution in [3.05, 3.63) is 48.3 Å². The fraction of sp³-hybridized carbons (Fsp3) is 0.412. The predicted molar refractivity (Wildman–Crippen MR) is 85.9 cm³/mol. The number of hydrogen-bond acceptors (Lipinski definition) is 5. The van der Waals surface area contributed by atoms with Crippen LogP contribution >= 0.6 is 0 Å². The van der Waals surface area contributed by atoms with E-state index in [1.165, 1.54) is 6.07 Å². The van der Waals surface area contributed by atoms with Gasteiger partial charge in [-0.05, 0) is 24.6 Å². The molecule has 5 nitrogen and oxygen atoms in total. The molecular formula is C17H18F2N4O. The lowest BCUT2D eigenvalue weighted by atomic mass is 9.97. The molecule has 2 aliphatic heterocycles. The molecule has 2 saturated heterocycles. The molecule has 0 aliphatic carbocycles. The monoisotopic (exact) mass is 332 g/mol. The maximum absolute atomic E-state index is 13.4. The van der Waals surface area contributed by atoms with Gasteiger partial charge in [-0.3, -0.25) is 0 Å². The second-order valence-electron chi connectivity index (χ2n) is 6.42. The second-order valence-corrected chi connectivity index (χ2v) is 6.42. The van der Waals surface area contributed by atoms with Gasteiger partial charge in [-0.25, -0.2) is 18.7 Å². The van der Waals surface area contributed by atoms with Crippen molar-refractivity contribution >= 4 is 11.6 Å². The Bertz CT molecular complexity index is 727. The van der Waals surface area contributed by atoms with E-state index in [9.17, 15) is 8.78 Å². The van der Waals surface area contributed by atoms with Gasteiger partial charge in [0.15, 0.2) is 5.82 Å². The molecule has 0 amide bonds. The number of aromatic nitrogens is 2. The van der Waals surface area contributed by atoms with E-state index >= 15 is 0 Å². The lowest BCUT2D eigenvalue weighted by Gasteiger charge is -2.24. The Labute approximate surface area is 138 Å². The molecule has 7 heteroatoms. The van der Waals surface area contributed by atoms with Gasteiger partial charge in [0.05, 0.1) is 30.6 Å². The zero-order chi connectivity index (χ0) is 16.6. The first-order valence-corrected chi connectivity index (χ1v) is 8.00. The van der Waals surface area contributed by atoms with Gasteiger partial charge in [-0.1, -0.05) is 6.07 Å². The second kappa shape index (κ2) is 5.98. The Kier molecular flexibility index (Phi) is 3.80. The van der Waals surface area contributed by atoms with Crippen LogP contribution in [0.5, 0.6) is 0 Å². The molecule has 0 saturated carbocycles. The van der Waals surface area contributed by atoms with Crippen molar-refractivity contribution in [3.8, 4) is 0 Å². The van der Waals surface area contributed by atoms with Gasteiger partial charge >= 0.3 is 0 Å². The Morgan fingerprint density at radius 1 is 1.21 bits per heavy atom. The van der Waals surface area contributed by atoms with Crippen molar-refractivity contribution in [1.29, 1.82) is 0 Å². The van der Waals surface area contributed by atoms with Crippen molar-refractivity contribution in [2.24, 2.45) is 0 Å². The van der Waals surface area contributed by atoms with Crippen LogP contribution in [0.1, 0.15) is 12.8 Å². The first-order valence-electron chi connectivity index (χ1n) is 8.00.